The highest BCUT2D eigenvalue weighted by Gasteiger charge is 2.10. The van der Waals surface area contributed by atoms with Crippen molar-refractivity contribution in [1.29, 1.82) is 0 Å². The Morgan fingerprint density at radius 3 is 2.82 bits per heavy atom. The molecule has 0 spiro atoms. The molecule has 2 rings (SSSR count). The summed E-state index contributed by atoms with van der Waals surface area (Å²) in [6, 6.07) is 7.77. The fourth-order valence-electron chi connectivity index (χ4n) is 1.05. The van der Waals surface area contributed by atoms with E-state index in [1.54, 1.807) is 0 Å². The SMILES string of the molecule is C=C=C1N=Nc2ccccc21. The first kappa shape index (κ1) is 6.08. The molecule has 0 bridgehead atoms. The van der Waals surface area contributed by atoms with Crippen molar-refractivity contribution in [2.24, 2.45) is 10.2 Å². The van der Waals surface area contributed by atoms with Gasteiger partial charge in [-0.3, -0.25) is 0 Å². The molecule has 0 aliphatic carbocycles. The lowest BCUT2D eigenvalue weighted by atomic mass is 10.1. The summed E-state index contributed by atoms with van der Waals surface area (Å²) in [5.74, 6) is 0. The first-order valence-corrected chi connectivity index (χ1v) is 3.33. The van der Waals surface area contributed by atoms with E-state index in [9.17, 15) is 0 Å². The van der Waals surface area contributed by atoms with Gasteiger partial charge in [0.1, 0.15) is 5.70 Å². The van der Waals surface area contributed by atoms with Gasteiger partial charge in [0, 0.05) is 5.56 Å². The van der Waals surface area contributed by atoms with E-state index < -0.39 is 0 Å². The molecule has 0 radical (unpaired) electrons. The Hall–Kier alpha value is -1.66. The predicted octanol–water partition coefficient (Wildman–Crippen LogP) is 2.91. The minimum Gasteiger partial charge on any atom is -0.149 e. The molecule has 1 aliphatic heterocycles. The number of fused-ring (bicyclic) bond motifs is 1. The lowest BCUT2D eigenvalue weighted by Crippen LogP contribution is -1.71. The summed E-state index contributed by atoms with van der Waals surface area (Å²) >= 11 is 0. The highest BCUT2D eigenvalue weighted by molar-refractivity contribution is 5.76. The molecule has 0 fully saturated rings. The van der Waals surface area contributed by atoms with E-state index in [4.69, 9.17) is 0 Å². The van der Waals surface area contributed by atoms with Crippen LogP contribution in [-0.2, 0) is 0 Å². The first-order chi connectivity index (χ1) is 5.42. The Bertz CT molecular complexity index is 371. The fraction of sp³-hybridized carbons (Fsp3) is 0. The Morgan fingerprint density at radius 1 is 1.18 bits per heavy atom. The van der Waals surface area contributed by atoms with Crippen LogP contribution in [0, 0.1) is 0 Å². The first-order valence-electron chi connectivity index (χ1n) is 3.33. The molecule has 1 aliphatic rings. The number of hydrogen-bond donors (Lipinski definition) is 0. The summed E-state index contributed by atoms with van der Waals surface area (Å²) in [5, 5.41) is 7.83. The Labute approximate surface area is 64.6 Å². The van der Waals surface area contributed by atoms with Crippen LogP contribution in [0.5, 0.6) is 0 Å². The summed E-state index contributed by atoms with van der Waals surface area (Å²) < 4.78 is 0. The van der Waals surface area contributed by atoms with Gasteiger partial charge in [-0.15, -0.1) is 10.2 Å². The number of nitrogens with zero attached hydrogens (tertiary/aromatic N) is 2. The van der Waals surface area contributed by atoms with Crippen molar-refractivity contribution >= 4 is 11.4 Å². The zero-order valence-electron chi connectivity index (χ0n) is 5.91. The molecule has 0 atom stereocenters. The van der Waals surface area contributed by atoms with Crippen molar-refractivity contribution in [3.8, 4) is 0 Å². The maximum absolute atomic E-state index is 3.94. The number of azo groups is 1. The van der Waals surface area contributed by atoms with Crippen LogP contribution < -0.4 is 0 Å². The van der Waals surface area contributed by atoms with Crippen LogP contribution in [0.2, 0.25) is 0 Å². The standard InChI is InChI=1S/C9H6N2/c1-2-8-7-5-3-4-6-9(7)11-10-8/h3-6H,1H2. The van der Waals surface area contributed by atoms with E-state index >= 15 is 0 Å². The van der Waals surface area contributed by atoms with E-state index in [-0.39, 0.29) is 0 Å². The molecule has 11 heavy (non-hydrogen) atoms. The molecule has 0 N–H and O–H groups in total. The summed E-state index contributed by atoms with van der Waals surface area (Å²) in [7, 11) is 0. The van der Waals surface area contributed by atoms with Crippen LogP contribution in [0.15, 0.2) is 46.8 Å². The molecule has 1 aromatic carbocycles. The second-order valence-electron chi connectivity index (χ2n) is 2.24. The van der Waals surface area contributed by atoms with Crippen LogP contribution in [0.3, 0.4) is 0 Å². The second kappa shape index (κ2) is 2.19. The highest BCUT2D eigenvalue weighted by atomic mass is 15.1. The normalized spacial score (nSPS) is 12.9. The zero-order valence-corrected chi connectivity index (χ0v) is 5.91. The van der Waals surface area contributed by atoms with Gasteiger partial charge in [-0.05, 0) is 12.1 Å². The lowest BCUT2D eigenvalue weighted by molar-refractivity contribution is 1.32. The van der Waals surface area contributed by atoms with E-state index in [1.807, 2.05) is 24.3 Å². The fourth-order valence-corrected chi connectivity index (χ4v) is 1.05. The smallest absolute Gasteiger partial charge is 0.137 e. The molecular weight excluding hydrogens is 136 g/mol. The van der Waals surface area contributed by atoms with Crippen LogP contribution >= 0.6 is 0 Å². The van der Waals surface area contributed by atoms with Crippen LogP contribution in [0.4, 0.5) is 5.69 Å². The minimum atomic E-state index is 0.737. The van der Waals surface area contributed by atoms with Crippen molar-refractivity contribution in [2.75, 3.05) is 0 Å². The van der Waals surface area contributed by atoms with Crippen LogP contribution in [0.1, 0.15) is 5.56 Å². The van der Waals surface area contributed by atoms with E-state index in [1.165, 1.54) is 0 Å². The van der Waals surface area contributed by atoms with Gasteiger partial charge in [0.2, 0.25) is 0 Å². The van der Waals surface area contributed by atoms with Gasteiger partial charge >= 0.3 is 0 Å². The van der Waals surface area contributed by atoms with E-state index in [0.717, 1.165) is 16.9 Å². The maximum atomic E-state index is 3.94. The highest BCUT2D eigenvalue weighted by Crippen LogP contribution is 2.33. The van der Waals surface area contributed by atoms with E-state index in [0.29, 0.717) is 0 Å². The van der Waals surface area contributed by atoms with Crippen molar-refractivity contribution in [2.45, 2.75) is 0 Å². The molecule has 1 heterocycles. The van der Waals surface area contributed by atoms with E-state index in [2.05, 4.69) is 22.5 Å². The molecule has 2 heteroatoms. The van der Waals surface area contributed by atoms with Gasteiger partial charge in [0.05, 0.1) is 5.69 Å². The van der Waals surface area contributed by atoms with Crippen molar-refractivity contribution in [3.05, 3.63) is 42.1 Å². The van der Waals surface area contributed by atoms with Crippen LogP contribution in [-0.4, -0.2) is 0 Å². The number of hydrogen-bond acceptors (Lipinski definition) is 2. The molecule has 0 unspecified atom stereocenters. The largest absolute Gasteiger partial charge is 0.149 e. The Kier molecular flexibility index (Phi) is 1.21. The van der Waals surface area contributed by atoms with Crippen molar-refractivity contribution in [1.82, 2.24) is 0 Å². The summed E-state index contributed by atoms with van der Waals surface area (Å²) in [5.41, 5.74) is 5.38. The lowest BCUT2D eigenvalue weighted by Gasteiger charge is -1.91. The predicted molar refractivity (Wildman–Crippen MR) is 43.5 cm³/mol. The average molecular weight is 142 g/mol. The van der Waals surface area contributed by atoms with Gasteiger partial charge in [-0.1, -0.05) is 24.4 Å². The summed E-state index contributed by atoms with van der Waals surface area (Å²) in [6.07, 6.45) is 0. The quantitative estimate of drug-likeness (QED) is 0.497. The van der Waals surface area contributed by atoms with Crippen LogP contribution in [0.25, 0.3) is 5.70 Å². The Balaban J connectivity index is 2.72. The molecule has 0 amide bonds. The second-order valence-corrected chi connectivity index (χ2v) is 2.24. The third-order valence-electron chi connectivity index (χ3n) is 1.58. The molecule has 0 saturated carbocycles. The monoisotopic (exact) mass is 142 g/mol. The average Bonchev–Trinajstić information content (AvgIpc) is 2.47. The molecule has 0 saturated heterocycles. The molecular formula is C9H6N2. The zero-order chi connectivity index (χ0) is 7.68. The van der Waals surface area contributed by atoms with Gasteiger partial charge < -0.3 is 0 Å². The van der Waals surface area contributed by atoms with Gasteiger partial charge in [-0.2, -0.15) is 0 Å². The van der Waals surface area contributed by atoms with Gasteiger partial charge in [0.25, 0.3) is 0 Å². The van der Waals surface area contributed by atoms with Gasteiger partial charge in [-0.25, -0.2) is 0 Å². The Morgan fingerprint density at radius 2 is 2.00 bits per heavy atom. The number of rotatable bonds is 0. The molecule has 52 valence electrons. The van der Waals surface area contributed by atoms with Crippen molar-refractivity contribution < 1.29 is 0 Å². The van der Waals surface area contributed by atoms with Crippen molar-refractivity contribution in [3.63, 3.8) is 0 Å². The number of benzene rings is 1. The molecule has 2 nitrogen and oxygen atoms in total. The summed E-state index contributed by atoms with van der Waals surface area (Å²) in [4.78, 5) is 0. The molecule has 1 aromatic rings. The third-order valence-corrected chi connectivity index (χ3v) is 1.58. The topological polar surface area (TPSA) is 24.7 Å². The third kappa shape index (κ3) is 0.810. The van der Waals surface area contributed by atoms with Gasteiger partial charge in [0.15, 0.2) is 0 Å². The summed E-state index contributed by atoms with van der Waals surface area (Å²) in [6.45, 7) is 3.53. The molecule has 0 aromatic heterocycles. The maximum Gasteiger partial charge on any atom is 0.137 e. The minimum absolute atomic E-state index is 0.737.